The number of aromatic nitrogens is 3. The predicted octanol–water partition coefficient (Wildman–Crippen LogP) is 2.00. The number of rotatable bonds is 3. The first-order valence-corrected chi connectivity index (χ1v) is 9.05. The zero-order chi connectivity index (χ0) is 16.0. The van der Waals surface area contributed by atoms with E-state index in [0.29, 0.717) is 19.0 Å². The molecule has 2 saturated carbocycles. The van der Waals surface area contributed by atoms with E-state index < -0.39 is 6.10 Å². The van der Waals surface area contributed by atoms with E-state index in [1.165, 1.54) is 19.3 Å². The van der Waals surface area contributed by atoms with E-state index in [9.17, 15) is 9.90 Å². The van der Waals surface area contributed by atoms with E-state index in [-0.39, 0.29) is 17.9 Å². The van der Waals surface area contributed by atoms with Gasteiger partial charge < -0.3 is 14.6 Å². The molecule has 6 heteroatoms. The molecule has 1 aliphatic heterocycles. The van der Waals surface area contributed by atoms with Gasteiger partial charge in [0.15, 0.2) is 5.82 Å². The van der Waals surface area contributed by atoms with Gasteiger partial charge in [-0.25, -0.2) is 0 Å². The van der Waals surface area contributed by atoms with Crippen LogP contribution >= 0.6 is 0 Å². The number of hydrogen-bond donors (Lipinski definition) is 1. The second-order valence-electron chi connectivity index (χ2n) is 7.53. The van der Waals surface area contributed by atoms with Crippen LogP contribution in [-0.4, -0.2) is 43.3 Å². The van der Waals surface area contributed by atoms with Gasteiger partial charge in [0.2, 0.25) is 0 Å². The smallest absolute Gasteiger partial charge is 0.252 e. The summed E-state index contributed by atoms with van der Waals surface area (Å²) in [7, 11) is 0. The molecule has 1 aromatic heterocycles. The van der Waals surface area contributed by atoms with E-state index in [4.69, 9.17) is 0 Å². The van der Waals surface area contributed by atoms with Crippen LogP contribution < -0.4 is 0 Å². The van der Waals surface area contributed by atoms with Gasteiger partial charge in [-0.2, -0.15) is 0 Å². The summed E-state index contributed by atoms with van der Waals surface area (Å²) in [6.45, 7) is 3.24. The average Bonchev–Trinajstić information content (AvgIpc) is 3.33. The van der Waals surface area contributed by atoms with Crippen molar-refractivity contribution in [2.45, 2.75) is 76.5 Å². The second-order valence-corrected chi connectivity index (χ2v) is 7.53. The molecule has 0 unspecified atom stereocenters. The Balaban J connectivity index is 1.48. The highest BCUT2D eigenvalue weighted by Gasteiger charge is 2.38. The Morgan fingerprint density at radius 1 is 1.17 bits per heavy atom. The third-order valence-electron chi connectivity index (χ3n) is 5.65. The monoisotopic (exact) mass is 318 g/mol. The fourth-order valence-electron chi connectivity index (χ4n) is 4.19. The van der Waals surface area contributed by atoms with Crippen LogP contribution in [0.5, 0.6) is 0 Å². The minimum absolute atomic E-state index is 0.119. The third-order valence-corrected chi connectivity index (χ3v) is 5.65. The molecule has 2 aliphatic carbocycles. The maximum Gasteiger partial charge on any atom is 0.252 e. The number of amides is 1. The van der Waals surface area contributed by atoms with E-state index in [2.05, 4.69) is 21.7 Å². The lowest BCUT2D eigenvalue weighted by atomic mass is 9.84. The SMILES string of the molecule is C[C@H]1CN(C(=O)[C@H](O)C2CCCCC2)Cc2nnc(C3CC3)n21. The van der Waals surface area contributed by atoms with Crippen LogP contribution in [0.4, 0.5) is 0 Å². The Morgan fingerprint density at radius 3 is 2.61 bits per heavy atom. The van der Waals surface area contributed by atoms with Crippen LogP contribution in [0.15, 0.2) is 0 Å². The van der Waals surface area contributed by atoms with E-state index in [0.717, 1.165) is 37.3 Å². The fraction of sp³-hybridized carbons (Fsp3) is 0.824. The van der Waals surface area contributed by atoms with Gasteiger partial charge in [-0.3, -0.25) is 4.79 Å². The molecule has 3 aliphatic rings. The predicted molar refractivity (Wildman–Crippen MR) is 84.7 cm³/mol. The third kappa shape index (κ3) is 2.77. The molecule has 0 aromatic carbocycles. The van der Waals surface area contributed by atoms with Crippen LogP contribution in [0, 0.1) is 5.92 Å². The molecule has 0 radical (unpaired) electrons. The highest BCUT2D eigenvalue weighted by Crippen LogP contribution is 2.41. The summed E-state index contributed by atoms with van der Waals surface area (Å²) in [5, 5.41) is 19.2. The highest BCUT2D eigenvalue weighted by atomic mass is 16.3. The first-order valence-electron chi connectivity index (χ1n) is 9.05. The lowest BCUT2D eigenvalue weighted by Gasteiger charge is -2.36. The Labute approximate surface area is 136 Å². The molecule has 1 amide bonds. The Morgan fingerprint density at radius 2 is 1.91 bits per heavy atom. The summed E-state index contributed by atoms with van der Waals surface area (Å²) in [6, 6.07) is 0.187. The standard InChI is InChI=1S/C17H26N4O2/c1-11-9-20(17(23)15(22)12-5-3-2-4-6-12)10-14-18-19-16(21(11)14)13-7-8-13/h11-13,15,22H,2-10H2,1H3/t11-,15+/m0/s1. The van der Waals surface area contributed by atoms with Crippen molar-refractivity contribution in [3.05, 3.63) is 11.6 Å². The van der Waals surface area contributed by atoms with Crippen LogP contribution in [0.3, 0.4) is 0 Å². The quantitative estimate of drug-likeness (QED) is 0.925. The molecule has 1 N–H and O–H groups in total. The summed E-state index contributed by atoms with van der Waals surface area (Å²) in [5.74, 6) is 2.54. The molecular weight excluding hydrogens is 292 g/mol. The van der Waals surface area contributed by atoms with Crippen molar-refractivity contribution >= 4 is 5.91 Å². The van der Waals surface area contributed by atoms with Gasteiger partial charge in [-0.05, 0) is 38.5 Å². The van der Waals surface area contributed by atoms with Gasteiger partial charge in [-0.15, -0.1) is 10.2 Å². The number of hydrogen-bond acceptors (Lipinski definition) is 4. The van der Waals surface area contributed by atoms with Crippen molar-refractivity contribution in [2.75, 3.05) is 6.54 Å². The van der Waals surface area contributed by atoms with Gasteiger partial charge in [0.1, 0.15) is 11.9 Å². The molecular formula is C17H26N4O2. The van der Waals surface area contributed by atoms with Gasteiger partial charge in [0.25, 0.3) is 5.91 Å². The first-order chi connectivity index (χ1) is 11.1. The minimum Gasteiger partial charge on any atom is -0.383 e. The summed E-state index contributed by atoms with van der Waals surface area (Å²) in [4.78, 5) is 14.5. The Bertz CT molecular complexity index is 589. The van der Waals surface area contributed by atoms with Gasteiger partial charge in [-0.1, -0.05) is 19.3 Å². The van der Waals surface area contributed by atoms with E-state index in [1.807, 2.05) is 0 Å². The summed E-state index contributed by atoms with van der Waals surface area (Å²) in [6.07, 6.45) is 6.98. The van der Waals surface area contributed by atoms with E-state index in [1.54, 1.807) is 4.90 Å². The molecule has 23 heavy (non-hydrogen) atoms. The maximum atomic E-state index is 12.7. The van der Waals surface area contributed by atoms with Crippen molar-refractivity contribution in [1.82, 2.24) is 19.7 Å². The number of aliphatic hydroxyl groups is 1. The number of carbonyl (C=O) groups is 1. The lowest BCUT2D eigenvalue weighted by Crippen LogP contribution is -2.47. The minimum atomic E-state index is -0.847. The van der Waals surface area contributed by atoms with Crippen molar-refractivity contribution in [2.24, 2.45) is 5.92 Å². The molecule has 0 saturated heterocycles. The van der Waals surface area contributed by atoms with Crippen LogP contribution in [0.1, 0.15) is 75.5 Å². The van der Waals surface area contributed by atoms with Crippen molar-refractivity contribution in [3.8, 4) is 0 Å². The van der Waals surface area contributed by atoms with Gasteiger partial charge in [0.05, 0.1) is 12.6 Å². The molecule has 126 valence electrons. The summed E-state index contributed by atoms with van der Waals surface area (Å²) < 4.78 is 2.22. The zero-order valence-electron chi connectivity index (χ0n) is 13.8. The number of nitrogens with zero attached hydrogens (tertiary/aromatic N) is 4. The Kier molecular flexibility index (Phi) is 3.87. The summed E-state index contributed by atoms with van der Waals surface area (Å²) >= 11 is 0. The normalized spacial score (nSPS) is 26.9. The summed E-state index contributed by atoms with van der Waals surface area (Å²) in [5.41, 5.74) is 0. The fourth-order valence-corrected chi connectivity index (χ4v) is 4.19. The average molecular weight is 318 g/mol. The largest absolute Gasteiger partial charge is 0.383 e. The second kappa shape index (κ2) is 5.89. The van der Waals surface area contributed by atoms with Crippen LogP contribution in [0.25, 0.3) is 0 Å². The van der Waals surface area contributed by atoms with Gasteiger partial charge >= 0.3 is 0 Å². The topological polar surface area (TPSA) is 71.2 Å². The molecule has 6 nitrogen and oxygen atoms in total. The maximum absolute atomic E-state index is 12.7. The molecule has 1 aromatic rings. The molecule has 4 rings (SSSR count). The van der Waals surface area contributed by atoms with Crippen molar-refractivity contribution in [1.29, 1.82) is 0 Å². The number of aliphatic hydroxyl groups excluding tert-OH is 1. The molecule has 2 heterocycles. The van der Waals surface area contributed by atoms with Crippen molar-refractivity contribution < 1.29 is 9.90 Å². The van der Waals surface area contributed by atoms with Crippen molar-refractivity contribution in [3.63, 3.8) is 0 Å². The molecule has 0 bridgehead atoms. The first kappa shape index (κ1) is 15.1. The zero-order valence-corrected chi connectivity index (χ0v) is 13.8. The molecule has 2 fully saturated rings. The van der Waals surface area contributed by atoms with Gasteiger partial charge in [0, 0.05) is 12.5 Å². The van der Waals surface area contributed by atoms with E-state index >= 15 is 0 Å². The molecule has 0 spiro atoms. The molecule has 2 atom stereocenters. The number of fused-ring (bicyclic) bond motifs is 1. The lowest BCUT2D eigenvalue weighted by molar-refractivity contribution is -0.145. The van der Waals surface area contributed by atoms with Crippen LogP contribution in [0.2, 0.25) is 0 Å². The highest BCUT2D eigenvalue weighted by molar-refractivity contribution is 5.81. The number of carbonyl (C=O) groups excluding carboxylic acids is 1. The van der Waals surface area contributed by atoms with Crippen LogP contribution in [-0.2, 0) is 11.3 Å². The Hall–Kier alpha value is -1.43.